The fraction of sp³-hybridized carbons (Fsp3) is 0. The lowest BCUT2D eigenvalue weighted by Gasteiger charge is -2.14. The summed E-state index contributed by atoms with van der Waals surface area (Å²) in [6.45, 7) is 0. The molecule has 0 aliphatic heterocycles. The summed E-state index contributed by atoms with van der Waals surface area (Å²) in [7, 11) is 0. The highest BCUT2D eigenvalue weighted by atomic mass is 16.3. The molecule has 0 amide bonds. The Bertz CT molecular complexity index is 3200. The van der Waals surface area contributed by atoms with Crippen molar-refractivity contribution in [3.63, 3.8) is 0 Å². The molecule has 216 valence electrons. The average molecular weight is 600 g/mol. The number of fused-ring (bicyclic) bond motifs is 5. The minimum absolute atomic E-state index is 0.528. The molecule has 5 heteroatoms. The maximum Gasteiger partial charge on any atom is 0.247 e. The van der Waals surface area contributed by atoms with E-state index >= 15 is 0 Å². The van der Waals surface area contributed by atoms with Crippen molar-refractivity contribution < 1.29 is 8.83 Å². The second-order valence-electron chi connectivity index (χ2n) is 12.5. The first-order valence-corrected chi connectivity index (χ1v) is 15.8. The molecule has 0 unspecified atom stereocenters. The van der Waals surface area contributed by atoms with Crippen molar-refractivity contribution in [2.24, 2.45) is 0 Å². The SMILES string of the molecule is c1ccc2cc(-c3nc4oc5ccccc5c4nc3-n3c4ccc5cccc6c5c4c4c5c(ccc43)oc3cccc-6c35)ccc2c1. The number of aromatic nitrogens is 3. The Kier molecular flexibility index (Phi) is 4.17. The molecule has 4 aromatic heterocycles. The molecule has 0 radical (unpaired) electrons. The third kappa shape index (κ3) is 2.90. The van der Waals surface area contributed by atoms with Crippen molar-refractivity contribution in [1.82, 2.24) is 14.5 Å². The van der Waals surface area contributed by atoms with Crippen LogP contribution in [0, 0.1) is 0 Å². The second kappa shape index (κ2) is 8.22. The van der Waals surface area contributed by atoms with Gasteiger partial charge in [0.25, 0.3) is 0 Å². The topological polar surface area (TPSA) is 57.0 Å². The number of benzene rings is 7. The number of furan rings is 2. The van der Waals surface area contributed by atoms with E-state index in [0.29, 0.717) is 5.71 Å². The maximum atomic E-state index is 6.51. The maximum absolute atomic E-state index is 6.51. The largest absolute Gasteiger partial charge is 0.456 e. The van der Waals surface area contributed by atoms with Crippen LogP contribution in [0.25, 0.3) is 116 Å². The zero-order chi connectivity index (χ0) is 30.4. The van der Waals surface area contributed by atoms with E-state index in [2.05, 4.69) is 114 Å². The van der Waals surface area contributed by atoms with Gasteiger partial charge in [-0.1, -0.05) is 84.9 Å². The summed E-state index contributed by atoms with van der Waals surface area (Å²) in [6, 6.07) is 44.8. The molecule has 0 bridgehead atoms. The number of hydrogen-bond acceptors (Lipinski definition) is 4. The molecular formula is C42H21N3O2. The molecule has 0 N–H and O–H groups in total. The van der Waals surface area contributed by atoms with E-state index in [0.717, 1.165) is 71.9 Å². The lowest BCUT2D eigenvalue weighted by atomic mass is 9.95. The van der Waals surface area contributed by atoms with Gasteiger partial charge in [0.05, 0.1) is 11.0 Å². The lowest BCUT2D eigenvalue weighted by molar-refractivity contribution is 0.653. The third-order valence-corrected chi connectivity index (χ3v) is 10.1. The van der Waals surface area contributed by atoms with Gasteiger partial charge >= 0.3 is 0 Å². The van der Waals surface area contributed by atoms with Crippen LogP contribution in [0.5, 0.6) is 0 Å². The van der Waals surface area contributed by atoms with Crippen molar-refractivity contribution in [2.75, 3.05) is 0 Å². The third-order valence-electron chi connectivity index (χ3n) is 10.1. The summed E-state index contributed by atoms with van der Waals surface area (Å²) in [5, 5.41) is 10.4. The molecule has 47 heavy (non-hydrogen) atoms. The van der Waals surface area contributed by atoms with Gasteiger partial charge in [-0.05, 0) is 75.1 Å². The van der Waals surface area contributed by atoms with E-state index in [9.17, 15) is 0 Å². The zero-order valence-corrected chi connectivity index (χ0v) is 24.8. The number of para-hydroxylation sites is 1. The fourth-order valence-corrected chi connectivity index (χ4v) is 8.15. The molecule has 0 saturated carbocycles. The summed E-state index contributed by atoms with van der Waals surface area (Å²) in [4.78, 5) is 10.7. The normalized spacial score (nSPS) is 12.7. The number of rotatable bonds is 2. The minimum Gasteiger partial charge on any atom is -0.456 e. The van der Waals surface area contributed by atoms with Crippen LogP contribution in [-0.2, 0) is 0 Å². The first-order valence-electron chi connectivity index (χ1n) is 15.8. The van der Waals surface area contributed by atoms with E-state index in [1.54, 1.807) is 0 Å². The second-order valence-corrected chi connectivity index (χ2v) is 12.5. The van der Waals surface area contributed by atoms with E-state index in [1.165, 1.54) is 38.1 Å². The van der Waals surface area contributed by atoms with Gasteiger partial charge in [0.2, 0.25) is 5.71 Å². The highest BCUT2D eigenvalue weighted by Crippen LogP contribution is 2.51. The first-order chi connectivity index (χ1) is 23.3. The summed E-state index contributed by atoms with van der Waals surface area (Å²) >= 11 is 0. The molecule has 0 atom stereocenters. The highest BCUT2D eigenvalue weighted by Gasteiger charge is 2.28. The smallest absolute Gasteiger partial charge is 0.247 e. The summed E-state index contributed by atoms with van der Waals surface area (Å²) in [5.41, 5.74) is 10.2. The van der Waals surface area contributed by atoms with Crippen molar-refractivity contribution in [3.8, 4) is 28.2 Å². The Morgan fingerprint density at radius 2 is 1.17 bits per heavy atom. The minimum atomic E-state index is 0.528. The predicted molar refractivity (Wildman–Crippen MR) is 190 cm³/mol. The lowest BCUT2D eigenvalue weighted by Crippen LogP contribution is -2.03. The van der Waals surface area contributed by atoms with Gasteiger partial charge in [-0.3, -0.25) is 4.57 Å². The van der Waals surface area contributed by atoms with Crippen LogP contribution in [0.2, 0.25) is 0 Å². The van der Waals surface area contributed by atoms with Gasteiger partial charge in [0, 0.05) is 32.5 Å². The Morgan fingerprint density at radius 1 is 0.468 bits per heavy atom. The van der Waals surface area contributed by atoms with E-state index in [4.69, 9.17) is 18.8 Å². The Labute approximate surface area is 265 Å². The zero-order valence-electron chi connectivity index (χ0n) is 24.8. The highest BCUT2D eigenvalue weighted by molar-refractivity contribution is 6.38. The standard InChI is InChI=1S/C42H21N3O2/c1-2-8-24-21-25(16-15-22(24)7-1)39-41(43-40-28-10-3-4-13-31(28)47-42(40)44-39)45-29-18-17-23-9-5-11-26-27-12-6-14-32-35(27)38-33(46-32)20-19-30(45)37(38)36(29)34(23)26/h1-21H. The molecule has 5 nitrogen and oxygen atoms in total. The van der Waals surface area contributed by atoms with Crippen molar-refractivity contribution in [2.45, 2.75) is 0 Å². The molecule has 4 heterocycles. The van der Waals surface area contributed by atoms with Gasteiger partial charge in [0.1, 0.15) is 28.0 Å². The summed E-state index contributed by atoms with van der Waals surface area (Å²) in [6.07, 6.45) is 0. The van der Waals surface area contributed by atoms with E-state index in [-0.39, 0.29) is 0 Å². The fourth-order valence-electron chi connectivity index (χ4n) is 8.15. The van der Waals surface area contributed by atoms with Crippen LogP contribution in [0.3, 0.4) is 0 Å². The van der Waals surface area contributed by atoms with Crippen LogP contribution in [0.15, 0.2) is 136 Å². The molecular weight excluding hydrogens is 578 g/mol. The average Bonchev–Trinajstić information content (AvgIpc) is 3.76. The van der Waals surface area contributed by atoms with E-state index < -0.39 is 0 Å². The number of nitrogens with zero attached hydrogens (tertiary/aromatic N) is 3. The Morgan fingerprint density at radius 3 is 2.11 bits per heavy atom. The molecule has 1 aliphatic carbocycles. The molecule has 0 saturated heterocycles. The van der Waals surface area contributed by atoms with Crippen LogP contribution in [0.4, 0.5) is 0 Å². The van der Waals surface area contributed by atoms with Crippen LogP contribution < -0.4 is 0 Å². The molecule has 0 spiro atoms. The molecule has 12 rings (SSSR count). The molecule has 7 aromatic carbocycles. The van der Waals surface area contributed by atoms with Crippen molar-refractivity contribution >= 4 is 87.5 Å². The van der Waals surface area contributed by atoms with Gasteiger partial charge in [0.15, 0.2) is 5.82 Å². The molecule has 1 aliphatic rings. The number of hydrogen-bond donors (Lipinski definition) is 0. The molecule has 0 fully saturated rings. The van der Waals surface area contributed by atoms with Crippen LogP contribution in [-0.4, -0.2) is 14.5 Å². The van der Waals surface area contributed by atoms with E-state index in [1.807, 2.05) is 18.2 Å². The van der Waals surface area contributed by atoms with Crippen molar-refractivity contribution in [1.29, 1.82) is 0 Å². The van der Waals surface area contributed by atoms with Gasteiger partial charge < -0.3 is 8.83 Å². The van der Waals surface area contributed by atoms with Crippen LogP contribution >= 0.6 is 0 Å². The Balaban J connectivity index is 1.32. The molecule has 11 aromatic rings. The quantitative estimate of drug-likeness (QED) is 0.198. The monoisotopic (exact) mass is 599 g/mol. The van der Waals surface area contributed by atoms with Gasteiger partial charge in [-0.15, -0.1) is 0 Å². The van der Waals surface area contributed by atoms with Crippen molar-refractivity contribution in [3.05, 3.63) is 127 Å². The Hall–Kier alpha value is -6.46. The van der Waals surface area contributed by atoms with Crippen LogP contribution in [0.1, 0.15) is 0 Å². The first kappa shape index (κ1) is 23.9. The predicted octanol–water partition coefficient (Wildman–Crippen LogP) is 11.3. The summed E-state index contributed by atoms with van der Waals surface area (Å²) < 4.78 is 15.1. The van der Waals surface area contributed by atoms with Gasteiger partial charge in [-0.2, -0.15) is 0 Å². The summed E-state index contributed by atoms with van der Waals surface area (Å²) in [5.74, 6) is 0.768. The van der Waals surface area contributed by atoms with Gasteiger partial charge in [-0.25, -0.2) is 9.97 Å².